The van der Waals surface area contributed by atoms with Crippen LogP contribution in [0.2, 0.25) is 0 Å². The molecule has 0 bridgehead atoms. The smallest absolute Gasteiger partial charge is 0.166 e. The molecule has 0 fully saturated rings. The van der Waals surface area contributed by atoms with E-state index in [0.29, 0.717) is 0 Å². The third kappa shape index (κ3) is 2.32. The lowest BCUT2D eigenvalue weighted by molar-refractivity contribution is 0.0936. The molecule has 0 spiro atoms. The van der Waals surface area contributed by atoms with Crippen molar-refractivity contribution in [3.8, 4) is 0 Å². The first-order valence-electron chi connectivity index (χ1n) is 6.58. The number of benzene rings is 2. The molecule has 0 radical (unpaired) electrons. The molecule has 0 heterocycles. The van der Waals surface area contributed by atoms with Crippen molar-refractivity contribution in [2.75, 3.05) is 0 Å². The minimum atomic E-state index is 0.0636. The molecular formula is C17H16O2. The van der Waals surface area contributed by atoms with Crippen LogP contribution >= 0.6 is 0 Å². The van der Waals surface area contributed by atoms with Gasteiger partial charge < -0.3 is 5.11 Å². The third-order valence-corrected chi connectivity index (χ3v) is 3.81. The molecule has 1 unspecified atom stereocenters. The average Bonchev–Trinajstić information content (AvgIpc) is 2.77. The first-order chi connectivity index (χ1) is 9.28. The van der Waals surface area contributed by atoms with Crippen molar-refractivity contribution >= 4 is 5.78 Å². The Morgan fingerprint density at radius 3 is 2.37 bits per heavy atom. The summed E-state index contributed by atoms with van der Waals surface area (Å²) in [6.07, 6.45) is 1.62. The zero-order chi connectivity index (χ0) is 13.2. The van der Waals surface area contributed by atoms with E-state index in [1.807, 2.05) is 48.5 Å². The number of aliphatic hydroxyl groups is 1. The Balaban J connectivity index is 1.77. The summed E-state index contributed by atoms with van der Waals surface area (Å²) < 4.78 is 0. The number of fused-ring (bicyclic) bond motifs is 1. The molecule has 0 aromatic heterocycles. The fourth-order valence-corrected chi connectivity index (χ4v) is 2.75. The monoisotopic (exact) mass is 252 g/mol. The van der Waals surface area contributed by atoms with Crippen LogP contribution in [0.15, 0.2) is 48.5 Å². The molecule has 2 nitrogen and oxygen atoms in total. The molecule has 19 heavy (non-hydrogen) atoms. The van der Waals surface area contributed by atoms with Gasteiger partial charge in [0.15, 0.2) is 5.78 Å². The summed E-state index contributed by atoms with van der Waals surface area (Å²) in [5, 5.41) is 9.02. The second-order valence-corrected chi connectivity index (χ2v) is 5.10. The van der Waals surface area contributed by atoms with Gasteiger partial charge in [-0.15, -0.1) is 0 Å². The molecule has 0 saturated heterocycles. The lowest BCUT2D eigenvalue weighted by Gasteiger charge is -2.08. The molecule has 3 rings (SSSR count). The molecule has 0 amide bonds. The van der Waals surface area contributed by atoms with Crippen LogP contribution in [-0.2, 0) is 19.4 Å². The lowest BCUT2D eigenvalue weighted by Crippen LogP contribution is -2.12. The Morgan fingerprint density at radius 2 is 1.68 bits per heavy atom. The van der Waals surface area contributed by atoms with Gasteiger partial charge >= 0.3 is 0 Å². The first kappa shape index (κ1) is 12.1. The molecule has 96 valence electrons. The number of Topliss-reactive ketones (excluding diaryl/α,β-unsaturated/α-hetero) is 1. The Kier molecular flexibility index (Phi) is 3.18. The van der Waals surface area contributed by atoms with Crippen LogP contribution < -0.4 is 0 Å². The summed E-state index contributed by atoms with van der Waals surface area (Å²) in [6.45, 7) is 0.0636. The quantitative estimate of drug-likeness (QED) is 0.912. The van der Waals surface area contributed by atoms with Gasteiger partial charge in [0.1, 0.15) is 0 Å². The fourth-order valence-electron chi connectivity index (χ4n) is 2.75. The Labute approximate surface area is 112 Å². The summed E-state index contributed by atoms with van der Waals surface area (Å²) in [5.41, 5.74) is 4.12. The maximum atomic E-state index is 12.3. The largest absolute Gasteiger partial charge is 0.392 e. The van der Waals surface area contributed by atoms with E-state index in [1.165, 1.54) is 5.56 Å². The standard InChI is InChI=1S/C17H16O2/c18-11-13-7-5-12(6-8-13)9-15-10-14-3-1-2-4-16(14)17(15)19/h1-8,15,18H,9-11H2. The van der Waals surface area contributed by atoms with Crippen LogP contribution in [0, 0.1) is 5.92 Å². The van der Waals surface area contributed by atoms with Crippen molar-refractivity contribution in [1.29, 1.82) is 0 Å². The molecule has 0 aliphatic heterocycles. The van der Waals surface area contributed by atoms with Gasteiger partial charge in [0.2, 0.25) is 0 Å². The summed E-state index contributed by atoms with van der Waals surface area (Å²) in [6, 6.07) is 15.7. The van der Waals surface area contributed by atoms with Crippen molar-refractivity contribution in [2.45, 2.75) is 19.4 Å². The van der Waals surface area contributed by atoms with Crippen LogP contribution in [0.4, 0.5) is 0 Å². The van der Waals surface area contributed by atoms with Crippen LogP contribution in [0.5, 0.6) is 0 Å². The Bertz CT molecular complexity index is 599. The highest BCUT2D eigenvalue weighted by atomic mass is 16.3. The van der Waals surface area contributed by atoms with Gasteiger partial charge in [0.25, 0.3) is 0 Å². The highest BCUT2D eigenvalue weighted by molar-refractivity contribution is 6.02. The van der Waals surface area contributed by atoms with Crippen molar-refractivity contribution in [3.05, 3.63) is 70.8 Å². The molecule has 1 aliphatic rings. The normalized spacial score (nSPS) is 17.5. The van der Waals surface area contributed by atoms with E-state index in [4.69, 9.17) is 5.11 Å². The van der Waals surface area contributed by atoms with Gasteiger partial charge in [-0.3, -0.25) is 4.79 Å². The molecule has 1 aliphatic carbocycles. The molecule has 2 aromatic rings. The topological polar surface area (TPSA) is 37.3 Å². The molecular weight excluding hydrogens is 236 g/mol. The lowest BCUT2D eigenvalue weighted by atomic mass is 9.95. The molecule has 2 aromatic carbocycles. The van der Waals surface area contributed by atoms with Gasteiger partial charge in [0.05, 0.1) is 6.61 Å². The van der Waals surface area contributed by atoms with Crippen LogP contribution in [0.3, 0.4) is 0 Å². The summed E-state index contributed by atoms with van der Waals surface area (Å²) in [4.78, 5) is 12.3. The predicted molar refractivity (Wildman–Crippen MR) is 74.0 cm³/mol. The maximum absolute atomic E-state index is 12.3. The van der Waals surface area contributed by atoms with Crippen molar-refractivity contribution in [1.82, 2.24) is 0 Å². The van der Waals surface area contributed by atoms with Crippen LogP contribution in [0.1, 0.15) is 27.0 Å². The van der Waals surface area contributed by atoms with Crippen molar-refractivity contribution in [3.63, 3.8) is 0 Å². The zero-order valence-electron chi connectivity index (χ0n) is 10.7. The second kappa shape index (κ2) is 4.98. The van der Waals surface area contributed by atoms with Gasteiger partial charge in [-0.05, 0) is 29.5 Å². The van der Waals surface area contributed by atoms with Gasteiger partial charge in [-0.2, -0.15) is 0 Å². The number of carbonyl (C=O) groups excluding carboxylic acids is 1. The summed E-state index contributed by atoms with van der Waals surface area (Å²) in [7, 11) is 0. The molecule has 1 atom stereocenters. The average molecular weight is 252 g/mol. The molecule has 1 N–H and O–H groups in total. The number of hydrogen-bond donors (Lipinski definition) is 1. The zero-order valence-corrected chi connectivity index (χ0v) is 10.7. The van der Waals surface area contributed by atoms with E-state index in [-0.39, 0.29) is 18.3 Å². The Morgan fingerprint density at radius 1 is 1.00 bits per heavy atom. The highest BCUT2D eigenvalue weighted by Gasteiger charge is 2.29. The summed E-state index contributed by atoms with van der Waals surface area (Å²) in [5.74, 6) is 0.333. The number of ketones is 1. The maximum Gasteiger partial charge on any atom is 0.166 e. The SMILES string of the molecule is O=C1c2ccccc2CC1Cc1ccc(CO)cc1. The fraction of sp³-hybridized carbons (Fsp3) is 0.235. The minimum Gasteiger partial charge on any atom is -0.392 e. The van der Waals surface area contributed by atoms with Gasteiger partial charge in [0, 0.05) is 11.5 Å². The molecule has 2 heteroatoms. The van der Waals surface area contributed by atoms with Crippen molar-refractivity contribution in [2.24, 2.45) is 5.92 Å². The Hall–Kier alpha value is -1.93. The summed E-state index contributed by atoms with van der Waals surface area (Å²) >= 11 is 0. The number of rotatable bonds is 3. The first-order valence-corrected chi connectivity index (χ1v) is 6.58. The van der Waals surface area contributed by atoms with E-state index < -0.39 is 0 Å². The molecule has 0 saturated carbocycles. The third-order valence-electron chi connectivity index (χ3n) is 3.81. The van der Waals surface area contributed by atoms with E-state index in [0.717, 1.165) is 29.5 Å². The van der Waals surface area contributed by atoms with E-state index in [1.54, 1.807) is 0 Å². The van der Waals surface area contributed by atoms with Crippen LogP contribution in [-0.4, -0.2) is 10.9 Å². The van der Waals surface area contributed by atoms with Crippen molar-refractivity contribution < 1.29 is 9.90 Å². The minimum absolute atomic E-state index is 0.0636. The number of hydrogen-bond acceptors (Lipinski definition) is 2. The number of aliphatic hydroxyl groups excluding tert-OH is 1. The van der Waals surface area contributed by atoms with Crippen LogP contribution in [0.25, 0.3) is 0 Å². The number of carbonyl (C=O) groups is 1. The highest BCUT2D eigenvalue weighted by Crippen LogP contribution is 2.29. The van der Waals surface area contributed by atoms with Gasteiger partial charge in [-0.25, -0.2) is 0 Å². The van der Waals surface area contributed by atoms with Gasteiger partial charge in [-0.1, -0.05) is 48.5 Å². The second-order valence-electron chi connectivity index (χ2n) is 5.10. The van der Waals surface area contributed by atoms with E-state index in [9.17, 15) is 4.79 Å². The predicted octanol–water partition coefficient (Wildman–Crippen LogP) is 2.78. The van der Waals surface area contributed by atoms with E-state index in [2.05, 4.69) is 0 Å². The van der Waals surface area contributed by atoms with E-state index >= 15 is 0 Å².